The molecule has 1 unspecified atom stereocenters. The number of sulfonamides is 1. The van der Waals surface area contributed by atoms with E-state index in [1.165, 1.54) is 5.56 Å². The van der Waals surface area contributed by atoms with Crippen LogP contribution in [0.1, 0.15) is 25.8 Å². The first-order valence-electron chi connectivity index (χ1n) is 9.66. The topological polar surface area (TPSA) is 83.0 Å². The Morgan fingerprint density at radius 2 is 2.07 bits per heavy atom. The molecule has 0 amide bonds. The van der Waals surface area contributed by atoms with Crippen molar-refractivity contribution in [3.63, 3.8) is 0 Å². The van der Waals surface area contributed by atoms with Crippen molar-refractivity contribution in [2.24, 2.45) is 10.9 Å². The maximum absolute atomic E-state index is 11.5. The van der Waals surface area contributed by atoms with E-state index >= 15 is 0 Å². The third kappa shape index (κ3) is 7.86. The lowest BCUT2D eigenvalue weighted by molar-refractivity contribution is 0.0907. The molecule has 0 aliphatic carbocycles. The monoisotopic (exact) mass is 396 g/mol. The lowest BCUT2D eigenvalue weighted by Gasteiger charge is -2.21. The van der Waals surface area contributed by atoms with Crippen molar-refractivity contribution in [3.05, 3.63) is 35.9 Å². The van der Waals surface area contributed by atoms with E-state index in [-0.39, 0.29) is 5.75 Å². The minimum Gasteiger partial charge on any atom is -0.376 e. The molecule has 1 aliphatic rings. The van der Waals surface area contributed by atoms with Gasteiger partial charge in [0, 0.05) is 32.1 Å². The number of aliphatic imine (C=N–C) groups is 1. The normalized spacial score (nSPS) is 18.1. The van der Waals surface area contributed by atoms with Crippen LogP contribution in [0.15, 0.2) is 35.3 Å². The Morgan fingerprint density at radius 3 is 2.78 bits per heavy atom. The highest BCUT2D eigenvalue weighted by Crippen LogP contribution is 2.17. The highest BCUT2D eigenvalue weighted by atomic mass is 32.2. The number of rotatable bonds is 10. The van der Waals surface area contributed by atoms with Crippen molar-refractivity contribution in [2.75, 3.05) is 45.1 Å². The van der Waals surface area contributed by atoms with Gasteiger partial charge in [0.25, 0.3) is 0 Å². The quantitative estimate of drug-likeness (QED) is 0.355. The Hall–Kier alpha value is -1.64. The molecule has 1 saturated heterocycles. The Kier molecular flexibility index (Phi) is 9.03. The maximum Gasteiger partial charge on any atom is 0.211 e. The van der Waals surface area contributed by atoms with Gasteiger partial charge in [0.2, 0.25) is 10.0 Å². The largest absolute Gasteiger partial charge is 0.376 e. The van der Waals surface area contributed by atoms with E-state index < -0.39 is 10.0 Å². The van der Waals surface area contributed by atoms with E-state index in [4.69, 9.17) is 4.74 Å². The van der Waals surface area contributed by atoms with Crippen LogP contribution in [-0.2, 0) is 21.4 Å². The number of likely N-dealkylation sites (tertiary alicyclic amines) is 1. The molecule has 1 atom stereocenters. The number of nitrogens with one attached hydrogen (secondary N) is 2. The molecule has 0 aromatic heterocycles. The van der Waals surface area contributed by atoms with Gasteiger partial charge in [-0.15, -0.1) is 0 Å². The first kappa shape index (κ1) is 21.7. The van der Waals surface area contributed by atoms with Crippen LogP contribution in [0, 0.1) is 5.92 Å². The minimum absolute atomic E-state index is 0.0908. The fourth-order valence-electron chi connectivity index (χ4n) is 2.97. The van der Waals surface area contributed by atoms with Gasteiger partial charge in [-0.3, -0.25) is 4.99 Å². The van der Waals surface area contributed by atoms with Crippen LogP contribution >= 0.6 is 0 Å². The van der Waals surface area contributed by atoms with Crippen LogP contribution in [0.2, 0.25) is 0 Å². The number of hydrogen-bond acceptors (Lipinski definition) is 4. The SMILES string of the molecule is CCNC(=NCCNS(=O)(=O)CC)N1CCC(COCc2ccccc2)C1. The van der Waals surface area contributed by atoms with Crippen LogP contribution < -0.4 is 10.0 Å². The third-order valence-corrected chi connectivity index (χ3v) is 5.86. The second-order valence-electron chi connectivity index (χ2n) is 6.63. The van der Waals surface area contributed by atoms with Gasteiger partial charge >= 0.3 is 0 Å². The standard InChI is InChI=1S/C19H32N4O3S/c1-3-20-19(21-11-12-22-27(24,25)4-2)23-13-10-18(14-23)16-26-15-17-8-6-5-7-9-17/h5-9,18,22H,3-4,10-16H2,1-2H3,(H,20,21). The fraction of sp³-hybridized carbons (Fsp3) is 0.632. The molecule has 1 fully saturated rings. The Balaban J connectivity index is 1.76. The van der Waals surface area contributed by atoms with Crippen molar-refractivity contribution in [2.45, 2.75) is 26.9 Å². The predicted molar refractivity (Wildman–Crippen MR) is 109 cm³/mol. The van der Waals surface area contributed by atoms with E-state index in [2.05, 4.69) is 32.1 Å². The van der Waals surface area contributed by atoms with E-state index in [0.717, 1.165) is 38.6 Å². The van der Waals surface area contributed by atoms with Gasteiger partial charge in [-0.05, 0) is 25.8 Å². The summed E-state index contributed by atoms with van der Waals surface area (Å²) in [5.41, 5.74) is 1.19. The molecule has 8 heteroatoms. The summed E-state index contributed by atoms with van der Waals surface area (Å²) in [7, 11) is -3.16. The first-order chi connectivity index (χ1) is 13.0. The average Bonchev–Trinajstić information content (AvgIpc) is 3.14. The minimum atomic E-state index is -3.16. The van der Waals surface area contributed by atoms with Crippen molar-refractivity contribution in [1.82, 2.24) is 14.9 Å². The Labute approximate surface area is 163 Å². The summed E-state index contributed by atoms with van der Waals surface area (Å²) >= 11 is 0. The molecule has 1 aromatic carbocycles. The van der Waals surface area contributed by atoms with Crippen molar-refractivity contribution >= 4 is 16.0 Å². The van der Waals surface area contributed by atoms with Crippen LogP contribution in [0.25, 0.3) is 0 Å². The molecule has 1 aliphatic heterocycles. The smallest absolute Gasteiger partial charge is 0.211 e. The van der Waals surface area contributed by atoms with Crippen molar-refractivity contribution in [1.29, 1.82) is 0 Å². The molecule has 0 bridgehead atoms. The maximum atomic E-state index is 11.5. The van der Waals surface area contributed by atoms with Gasteiger partial charge in [-0.2, -0.15) is 0 Å². The van der Waals surface area contributed by atoms with Gasteiger partial charge in [0.15, 0.2) is 5.96 Å². The second kappa shape index (κ2) is 11.3. The molecule has 2 N–H and O–H groups in total. The van der Waals surface area contributed by atoms with Gasteiger partial charge < -0.3 is 15.0 Å². The Bertz CT molecular complexity index is 679. The first-order valence-corrected chi connectivity index (χ1v) is 11.3. The highest BCUT2D eigenvalue weighted by molar-refractivity contribution is 7.89. The Morgan fingerprint density at radius 1 is 1.30 bits per heavy atom. The summed E-state index contributed by atoms with van der Waals surface area (Å²) in [6.45, 7) is 8.41. The van der Waals surface area contributed by atoms with Gasteiger partial charge in [-0.25, -0.2) is 13.1 Å². The number of ether oxygens (including phenoxy) is 1. The van der Waals surface area contributed by atoms with Crippen LogP contribution in [0.5, 0.6) is 0 Å². The molecular weight excluding hydrogens is 364 g/mol. The van der Waals surface area contributed by atoms with E-state index in [1.807, 2.05) is 25.1 Å². The number of nitrogens with zero attached hydrogens (tertiary/aromatic N) is 2. The molecule has 0 spiro atoms. The summed E-state index contributed by atoms with van der Waals surface area (Å²) in [5, 5.41) is 3.30. The molecule has 1 heterocycles. The molecule has 1 aromatic rings. The van der Waals surface area contributed by atoms with Crippen LogP contribution in [0.3, 0.4) is 0 Å². The highest BCUT2D eigenvalue weighted by Gasteiger charge is 2.25. The molecule has 0 saturated carbocycles. The lowest BCUT2D eigenvalue weighted by atomic mass is 10.1. The van der Waals surface area contributed by atoms with Crippen LogP contribution in [0.4, 0.5) is 0 Å². The van der Waals surface area contributed by atoms with E-state index in [0.29, 0.717) is 25.6 Å². The zero-order chi connectivity index (χ0) is 19.5. The van der Waals surface area contributed by atoms with E-state index in [9.17, 15) is 8.42 Å². The number of guanidine groups is 1. The van der Waals surface area contributed by atoms with Gasteiger partial charge in [0.1, 0.15) is 0 Å². The van der Waals surface area contributed by atoms with E-state index in [1.54, 1.807) is 6.92 Å². The lowest BCUT2D eigenvalue weighted by Crippen LogP contribution is -2.41. The predicted octanol–water partition coefficient (Wildman–Crippen LogP) is 1.43. The summed E-state index contributed by atoms with van der Waals surface area (Å²) in [5.74, 6) is 1.42. The van der Waals surface area contributed by atoms with Crippen LogP contribution in [-0.4, -0.2) is 64.4 Å². The van der Waals surface area contributed by atoms with Crippen molar-refractivity contribution in [3.8, 4) is 0 Å². The zero-order valence-electron chi connectivity index (χ0n) is 16.4. The molecule has 7 nitrogen and oxygen atoms in total. The summed E-state index contributed by atoms with van der Waals surface area (Å²) in [6.07, 6.45) is 1.07. The summed E-state index contributed by atoms with van der Waals surface area (Å²) in [4.78, 5) is 6.79. The molecular formula is C19H32N4O3S. The second-order valence-corrected chi connectivity index (χ2v) is 8.73. The molecule has 152 valence electrons. The number of hydrogen-bond donors (Lipinski definition) is 2. The fourth-order valence-corrected chi connectivity index (χ4v) is 3.58. The third-order valence-electron chi connectivity index (χ3n) is 4.46. The molecule has 27 heavy (non-hydrogen) atoms. The van der Waals surface area contributed by atoms with Gasteiger partial charge in [0.05, 0.1) is 25.5 Å². The molecule has 2 rings (SSSR count). The summed E-state index contributed by atoms with van der Waals surface area (Å²) < 4.78 is 31.4. The number of benzene rings is 1. The van der Waals surface area contributed by atoms with Crippen molar-refractivity contribution < 1.29 is 13.2 Å². The average molecular weight is 397 g/mol. The summed E-state index contributed by atoms with van der Waals surface area (Å²) in [6, 6.07) is 10.2. The molecule has 0 radical (unpaired) electrons. The zero-order valence-corrected chi connectivity index (χ0v) is 17.2. The van der Waals surface area contributed by atoms with Gasteiger partial charge in [-0.1, -0.05) is 30.3 Å².